The molecule has 0 radical (unpaired) electrons. The Morgan fingerprint density at radius 2 is 1.57 bits per heavy atom. The zero-order chi connectivity index (χ0) is 16.4. The highest BCUT2D eigenvalue weighted by atomic mass is 19.1. The minimum absolute atomic E-state index is 0.230. The molecular formula is C18H16FN3O. The Kier molecular flexibility index (Phi) is 3.95. The summed E-state index contributed by atoms with van der Waals surface area (Å²) in [7, 11) is 0. The van der Waals surface area contributed by atoms with Crippen LogP contribution in [0.15, 0.2) is 60.8 Å². The van der Waals surface area contributed by atoms with Crippen molar-refractivity contribution in [1.82, 2.24) is 0 Å². The average Bonchev–Trinajstić information content (AvgIpc) is 2.56. The van der Waals surface area contributed by atoms with Gasteiger partial charge in [0.15, 0.2) is 6.20 Å². The highest BCUT2D eigenvalue weighted by molar-refractivity contribution is 5.86. The smallest absolute Gasteiger partial charge is 0.247 e. The highest BCUT2D eigenvalue weighted by Gasteiger charge is 2.21. The number of nitrogens with zero attached hydrogens (tertiary/aromatic N) is 1. The van der Waals surface area contributed by atoms with Gasteiger partial charge in [-0.3, -0.25) is 0 Å². The fraction of sp³-hybridized carbons (Fsp3) is 0.0556. The van der Waals surface area contributed by atoms with Crippen LogP contribution in [0.3, 0.4) is 0 Å². The molecule has 0 aliphatic heterocycles. The van der Waals surface area contributed by atoms with E-state index >= 15 is 0 Å². The van der Waals surface area contributed by atoms with Crippen molar-refractivity contribution in [3.05, 3.63) is 77.4 Å². The molecule has 0 saturated heterocycles. The Morgan fingerprint density at radius 1 is 0.913 bits per heavy atom. The van der Waals surface area contributed by atoms with Crippen LogP contribution in [0, 0.1) is 11.0 Å². The summed E-state index contributed by atoms with van der Waals surface area (Å²) in [4.78, 5) is 0. The topological polar surface area (TPSA) is 79.0 Å². The van der Waals surface area contributed by atoms with E-state index in [-0.39, 0.29) is 23.7 Å². The van der Waals surface area contributed by atoms with E-state index < -0.39 is 0 Å². The van der Waals surface area contributed by atoms with Gasteiger partial charge in [-0.2, -0.15) is 4.73 Å². The molecule has 3 rings (SSSR count). The van der Waals surface area contributed by atoms with E-state index in [0.717, 1.165) is 5.56 Å². The van der Waals surface area contributed by atoms with E-state index in [1.807, 2.05) is 18.2 Å². The largest absolute Gasteiger partial charge is 0.618 e. The SMILES string of the molecule is NCc1ccccc1-c1c(N)c(-c2ccccc2F)cc[n+]1[O-]. The quantitative estimate of drug-likeness (QED) is 0.577. The van der Waals surface area contributed by atoms with Crippen LogP contribution in [0.1, 0.15) is 5.56 Å². The molecule has 23 heavy (non-hydrogen) atoms. The van der Waals surface area contributed by atoms with E-state index in [1.165, 1.54) is 18.3 Å². The number of anilines is 1. The van der Waals surface area contributed by atoms with Gasteiger partial charge < -0.3 is 16.7 Å². The number of rotatable bonds is 3. The molecule has 1 aromatic heterocycles. The molecule has 3 aromatic rings. The fourth-order valence-electron chi connectivity index (χ4n) is 2.66. The Labute approximate surface area is 133 Å². The van der Waals surface area contributed by atoms with Crippen LogP contribution >= 0.6 is 0 Å². The van der Waals surface area contributed by atoms with E-state index in [4.69, 9.17) is 11.5 Å². The fourth-order valence-corrected chi connectivity index (χ4v) is 2.66. The molecule has 2 aromatic carbocycles. The lowest BCUT2D eigenvalue weighted by atomic mass is 9.97. The van der Waals surface area contributed by atoms with Gasteiger partial charge in [0.1, 0.15) is 11.5 Å². The normalized spacial score (nSPS) is 10.7. The van der Waals surface area contributed by atoms with Gasteiger partial charge in [0.05, 0.1) is 5.56 Å². The third kappa shape index (κ3) is 2.62. The molecule has 0 aliphatic rings. The molecule has 0 spiro atoms. The van der Waals surface area contributed by atoms with Gasteiger partial charge in [-0.25, -0.2) is 4.39 Å². The summed E-state index contributed by atoms with van der Waals surface area (Å²) in [6.45, 7) is 0.277. The van der Waals surface area contributed by atoms with E-state index in [9.17, 15) is 9.60 Å². The molecule has 0 saturated carbocycles. The van der Waals surface area contributed by atoms with E-state index in [0.29, 0.717) is 21.4 Å². The van der Waals surface area contributed by atoms with Crippen molar-refractivity contribution >= 4 is 5.69 Å². The Balaban J connectivity index is 2.27. The molecule has 0 fully saturated rings. The summed E-state index contributed by atoms with van der Waals surface area (Å²) in [6, 6.07) is 15.1. The Hall–Kier alpha value is -2.92. The third-order valence-corrected chi connectivity index (χ3v) is 3.80. The Bertz CT molecular complexity index is 865. The molecular weight excluding hydrogens is 293 g/mol. The van der Waals surface area contributed by atoms with Gasteiger partial charge in [0.25, 0.3) is 0 Å². The summed E-state index contributed by atoms with van der Waals surface area (Å²) >= 11 is 0. The van der Waals surface area contributed by atoms with Crippen molar-refractivity contribution in [2.24, 2.45) is 5.73 Å². The standard InChI is InChI=1S/C18H16FN3O/c19-16-8-4-3-7-14(16)15-9-10-22(23)18(17(15)21)13-6-2-1-5-12(13)11-20/h1-10H,11,20-21H2. The molecule has 0 bridgehead atoms. The Morgan fingerprint density at radius 3 is 2.26 bits per heavy atom. The first-order valence-electron chi connectivity index (χ1n) is 7.18. The van der Waals surface area contributed by atoms with Crippen LogP contribution in [-0.2, 0) is 6.54 Å². The molecule has 0 aliphatic carbocycles. The van der Waals surface area contributed by atoms with Crippen LogP contribution in [0.2, 0.25) is 0 Å². The lowest BCUT2D eigenvalue weighted by Gasteiger charge is -2.14. The first kappa shape index (κ1) is 15.0. The van der Waals surface area contributed by atoms with Crippen LogP contribution in [0.4, 0.5) is 10.1 Å². The zero-order valence-corrected chi connectivity index (χ0v) is 12.4. The van der Waals surface area contributed by atoms with Crippen LogP contribution in [0.25, 0.3) is 22.4 Å². The lowest BCUT2D eigenvalue weighted by Crippen LogP contribution is -2.30. The second-order valence-corrected chi connectivity index (χ2v) is 5.16. The highest BCUT2D eigenvalue weighted by Crippen LogP contribution is 2.34. The summed E-state index contributed by atoms with van der Waals surface area (Å²) in [6.07, 6.45) is 1.33. The van der Waals surface area contributed by atoms with E-state index in [1.54, 1.807) is 24.3 Å². The number of halogens is 1. The predicted molar refractivity (Wildman–Crippen MR) is 88.5 cm³/mol. The second-order valence-electron chi connectivity index (χ2n) is 5.16. The first-order valence-corrected chi connectivity index (χ1v) is 7.18. The third-order valence-electron chi connectivity index (χ3n) is 3.80. The molecule has 5 heteroatoms. The molecule has 4 nitrogen and oxygen atoms in total. The molecule has 1 heterocycles. The first-order chi connectivity index (χ1) is 11.1. The minimum atomic E-state index is -0.388. The number of hydrogen-bond donors (Lipinski definition) is 2. The number of nitrogen functional groups attached to an aromatic ring is 1. The van der Waals surface area contributed by atoms with Crippen molar-refractivity contribution in [2.45, 2.75) is 6.54 Å². The summed E-state index contributed by atoms with van der Waals surface area (Å²) in [5, 5.41) is 12.3. The van der Waals surface area contributed by atoms with E-state index in [2.05, 4.69) is 0 Å². The van der Waals surface area contributed by atoms with Gasteiger partial charge in [-0.1, -0.05) is 36.4 Å². The summed E-state index contributed by atoms with van der Waals surface area (Å²) in [5.41, 5.74) is 14.8. The van der Waals surface area contributed by atoms with Gasteiger partial charge in [-0.15, -0.1) is 0 Å². The van der Waals surface area contributed by atoms with Crippen LogP contribution in [-0.4, -0.2) is 0 Å². The maximum Gasteiger partial charge on any atom is 0.247 e. The number of aromatic nitrogens is 1. The second kappa shape index (κ2) is 6.06. The van der Waals surface area contributed by atoms with Crippen molar-refractivity contribution in [2.75, 3.05) is 5.73 Å². The number of benzene rings is 2. The van der Waals surface area contributed by atoms with Crippen molar-refractivity contribution in [3.63, 3.8) is 0 Å². The number of pyridine rings is 1. The zero-order valence-electron chi connectivity index (χ0n) is 12.4. The van der Waals surface area contributed by atoms with Crippen molar-refractivity contribution in [1.29, 1.82) is 0 Å². The average molecular weight is 309 g/mol. The summed E-state index contributed by atoms with van der Waals surface area (Å²) in [5.74, 6) is -0.388. The van der Waals surface area contributed by atoms with Crippen molar-refractivity contribution < 1.29 is 9.12 Å². The minimum Gasteiger partial charge on any atom is -0.618 e. The molecule has 4 N–H and O–H groups in total. The lowest BCUT2D eigenvalue weighted by molar-refractivity contribution is -0.592. The number of nitrogens with two attached hydrogens (primary N) is 2. The molecule has 0 atom stereocenters. The molecule has 0 unspecified atom stereocenters. The molecule has 116 valence electrons. The predicted octanol–water partition coefficient (Wildman–Crippen LogP) is 2.83. The van der Waals surface area contributed by atoms with Crippen LogP contribution < -0.4 is 16.2 Å². The molecule has 0 amide bonds. The maximum absolute atomic E-state index is 14.1. The summed E-state index contributed by atoms with van der Waals surface area (Å²) < 4.78 is 14.8. The van der Waals surface area contributed by atoms with Crippen molar-refractivity contribution in [3.8, 4) is 22.4 Å². The van der Waals surface area contributed by atoms with Gasteiger partial charge in [-0.05, 0) is 17.7 Å². The number of hydrogen-bond acceptors (Lipinski definition) is 3. The van der Waals surface area contributed by atoms with Gasteiger partial charge >= 0.3 is 0 Å². The van der Waals surface area contributed by atoms with Crippen LogP contribution in [0.5, 0.6) is 0 Å². The van der Waals surface area contributed by atoms with Gasteiger partial charge in [0.2, 0.25) is 5.69 Å². The monoisotopic (exact) mass is 309 g/mol. The van der Waals surface area contributed by atoms with Gasteiger partial charge in [0, 0.05) is 23.7 Å². The maximum atomic E-state index is 14.1.